The van der Waals surface area contributed by atoms with E-state index in [1.807, 2.05) is 0 Å². The SMILES string of the molecule is CCN1CCC(CN)C1c1ccc(C)c(C)c1. The number of hydrogen-bond donors (Lipinski definition) is 1. The van der Waals surface area contributed by atoms with E-state index in [1.165, 1.54) is 29.7 Å². The second kappa shape index (κ2) is 5.19. The monoisotopic (exact) mass is 232 g/mol. The first-order valence-corrected chi connectivity index (χ1v) is 6.68. The summed E-state index contributed by atoms with van der Waals surface area (Å²) in [5, 5.41) is 0. The summed E-state index contributed by atoms with van der Waals surface area (Å²) >= 11 is 0. The average Bonchev–Trinajstić information content (AvgIpc) is 2.75. The second-order valence-electron chi connectivity index (χ2n) is 5.20. The summed E-state index contributed by atoms with van der Waals surface area (Å²) in [5.41, 5.74) is 10.1. The molecule has 2 rings (SSSR count). The molecule has 1 aromatic carbocycles. The van der Waals surface area contributed by atoms with Crippen LogP contribution in [0.2, 0.25) is 0 Å². The first-order valence-electron chi connectivity index (χ1n) is 6.68. The van der Waals surface area contributed by atoms with Crippen LogP contribution < -0.4 is 5.73 Å². The van der Waals surface area contributed by atoms with E-state index in [1.54, 1.807) is 0 Å². The summed E-state index contributed by atoms with van der Waals surface area (Å²) in [6.07, 6.45) is 1.24. The van der Waals surface area contributed by atoms with Gasteiger partial charge in [0.15, 0.2) is 0 Å². The molecule has 17 heavy (non-hydrogen) atoms. The first-order chi connectivity index (χ1) is 8.17. The van der Waals surface area contributed by atoms with E-state index in [-0.39, 0.29) is 0 Å². The Morgan fingerprint density at radius 3 is 2.65 bits per heavy atom. The predicted octanol–water partition coefficient (Wildman–Crippen LogP) is 2.65. The Morgan fingerprint density at radius 2 is 2.06 bits per heavy atom. The molecule has 0 spiro atoms. The zero-order valence-corrected chi connectivity index (χ0v) is 11.2. The summed E-state index contributed by atoms with van der Waals surface area (Å²) in [6.45, 7) is 9.72. The van der Waals surface area contributed by atoms with Crippen LogP contribution in [-0.4, -0.2) is 24.5 Å². The molecule has 2 nitrogen and oxygen atoms in total. The van der Waals surface area contributed by atoms with Crippen molar-refractivity contribution < 1.29 is 0 Å². The van der Waals surface area contributed by atoms with Crippen LogP contribution in [0.3, 0.4) is 0 Å². The third-order valence-electron chi connectivity index (χ3n) is 4.21. The summed E-state index contributed by atoms with van der Waals surface area (Å²) in [6, 6.07) is 7.40. The Hall–Kier alpha value is -0.860. The standard InChI is InChI=1S/C15H24N2/c1-4-17-8-7-14(10-16)15(17)13-6-5-11(2)12(3)9-13/h5-6,9,14-15H,4,7-8,10,16H2,1-3H3. The number of rotatable bonds is 3. The van der Waals surface area contributed by atoms with Crippen LogP contribution >= 0.6 is 0 Å². The van der Waals surface area contributed by atoms with E-state index in [9.17, 15) is 0 Å². The summed E-state index contributed by atoms with van der Waals surface area (Å²) in [7, 11) is 0. The van der Waals surface area contributed by atoms with E-state index in [0.29, 0.717) is 12.0 Å². The second-order valence-corrected chi connectivity index (χ2v) is 5.20. The van der Waals surface area contributed by atoms with Gasteiger partial charge in [0.05, 0.1) is 0 Å². The normalized spacial score (nSPS) is 25.4. The van der Waals surface area contributed by atoms with Gasteiger partial charge in [0, 0.05) is 6.04 Å². The van der Waals surface area contributed by atoms with Crippen molar-refractivity contribution in [2.24, 2.45) is 11.7 Å². The Morgan fingerprint density at radius 1 is 1.29 bits per heavy atom. The molecule has 0 amide bonds. The van der Waals surface area contributed by atoms with Crippen molar-refractivity contribution in [3.8, 4) is 0 Å². The van der Waals surface area contributed by atoms with Gasteiger partial charge < -0.3 is 5.73 Å². The van der Waals surface area contributed by atoms with Crippen LogP contribution in [0, 0.1) is 19.8 Å². The fourth-order valence-electron chi connectivity index (χ4n) is 2.96. The summed E-state index contributed by atoms with van der Waals surface area (Å²) < 4.78 is 0. The maximum Gasteiger partial charge on any atom is 0.0388 e. The molecule has 1 aromatic rings. The quantitative estimate of drug-likeness (QED) is 0.868. The van der Waals surface area contributed by atoms with Crippen LogP contribution in [0.15, 0.2) is 18.2 Å². The highest BCUT2D eigenvalue weighted by atomic mass is 15.2. The topological polar surface area (TPSA) is 29.3 Å². The van der Waals surface area contributed by atoms with E-state index in [0.717, 1.165) is 13.1 Å². The van der Waals surface area contributed by atoms with E-state index in [4.69, 9.17) is 5.73 Å². The molecule has 0 aliphatic carbocycles. The van der Waals surface area contributed by atoms with Crippen LogP contribution in [0.4, 0.5) is 0 Å². The van der Waals surface area contributed by atoms with Gasteiger partial charge in [-0.25, -0.2) is 0 Å². The molecule has 94 valence electrons. The van der Waals surface area contributed by atoms with Crippen molar-refractivity contribution in [3.05, 3.63) is 34.9 Å². The van der Waals surface area contributed by atoms with Crippen molar-refractivity contribution in [1.82, 2.24) is 4.90 Å². The molecule has 1 saturated heterocycles. The Kier molecular flexibility index (Phi) is 3.85. The molecule has 0 bridgehead atoms. The minimum atomic E-state index is 0.532. The predicted molar refractivity (Wildman–Crippen MR) is 73.1 cm³/mol. The van der Waals surface area contributed by atoms with E-state index < -0.39 is 0 Å². The van der Waals surface area contributed by atoms with Crippen LogP contribution in [0.5, 0.6) is 0 Å². The molecule has 2 N–H and O–H groups in total. The van der Waals surface area contributed by atoms with Crippen LogP contribution in [0.25, 0.3) is 0 Å². The number of hydrogen-bond acceptors (Lipinski definition) is 2. The Bertz CT molecular complexity index is 375. The molecule has 0 radical (unpaired) electrons. The minimum Gasteiger partial charge on any atom is -0.330 e. The summed E-state index contributed by atoms with van der Waals surface area (Å²) in [4.78, 5) is 2.56. The minimum absolute atomic E-state index is 0.532. The Labute approximate surface area is 105 Å². The number of benzene rings is 1. The molecule has 1 fully saturated rings. The van der Waals surface area contributed by atoms with Gasteiger partial charge in [-0.05, 0) is 62.5 Å². The molecule has 0 aromatic heterocycles. The van der Waals surface area contributed by atoms with Gasteiger partial charge in [0.1, 0.15) is 0 Å². The maximum atomic E-state index is 5.92. The van der Waals surface area contributed by atoms with Crippen molar-refractivity contribution in [1.29, 1.82) is 0 Å². The van der Waals surface area contributed by atoms with Gasteiger partial charge in [0.25, 0.3) is 0 Å². The number of nitrogens with two attached hydrogens (primary N) is 1. The van der Waals surface area contributed by atoms with Crippen molar-refractivity contribution in [3.63, 3.8) is 0 Å². The fourth-order valence-corrected chi connectivity index (χ4v) is 2.96. The third-order valence-corrected chi connectivity index (χ3v) is 4.21. The lowest BCUT2D eigenvalue weighted by Gasteiger charge is -2.27. The smallest absolute Gasteiger partial charge is 0.0388 e. The fraction of sp³-hybridized carbons (Fsp3) is 0.600. The molecular weight excluding hydrogens is 208 g/mol. The van der Waals surface area contributed by atoms with Gasteiger partial charge in [-0.2, -0.15) is 0 Å². The highest BCUT2D eigenvalue weighted by molar-refractivity contribution is 5.32. The van der Waals surface area contributed by atoms with Gasteiger partial charge in [-0.1, -0.05) is 25.1 Å². The Balaban J connectivity index is 2.31. The van der Waals surface area contributed by atoms with Crippen LogP contribution in [-0.2, 0) is 0 Å². The number of aryl methyl sites for hydroxylation is 2. The van der Waals surface area contributed by atoms with Crippen molar-refractivity contribution in [2.75, 3.05) is 19.6 Å². The molecular formula is C15H24N2. The zero-order valence-electron chi connectivity index (χ0n) is 11.2. The van der Waals surface area contributed by atoms with Crippen LogP contribution in [0.1, 0.15) is 36.1 Å². The zero-order chi connectivity index (χ0) is 12.4. The van der Waals surface area contributed by atoms with Crippen molar-refractivity contribution >= 4 is 0 Å². The van der Waals surface area contributed by atoms with E-state index in [2.05, 4.69) is 43.9 Å². The van der Waals surface area contributed by atoms with Crippen molar-refractivity contribution in [2.45, 2.75) is 33.2 Å². The molecule has 2 atom stereocenters. The van der Waals surface area contributed by atoms with Gasteiger partial charge >= 0.3 is 0 Å². The highest BCUT2D eigenvalue weighted by Gasteiger charge is 2.33. The number of nitrogens with zero attached hydrogens (tertiary/aromatic N) is 1. The lowest BCUT2D eigenvalue weighted by Crippen LogP contribution is -2.28. The van der Waals surface area contributed by atoms with Gasteiger partial charge in [-0.3, -0.25) is 4.90 Å². The molecule has 0 saturated carbocycles. The molecule has 1 aliphatic heterocycles. The van der Waals surface area contributed by atoms with E-state index >= 15 is 0 Å². The average molecular weight is 232 g/mol. The lowest BCUT2D eigenvalue weighted by molar-refractivity contribution is 0.242. The largest absolute Gasteiger partial charge is 0.330 e. The highest BCUT2D eigenvalue weighted by Crippen LogP contribution is 2.36. The molecule has 2 heteroatoms. The third kappa shape index (κ3) is 2.38. The molecule has 2 unspecified atom stereocenters. The number of likely N-dealkylation sites (tertiary alicyclic amines) is 1. The maximum absolute atomic E-state index is 5.92. The molecule has 1 aliphatic rings. The first kappa shape index (κ1) is 12.6. The summed E-state index contributed by atoms with van der Waals surface area (Å²) in [5.74, 6) is 0.622. The van der Waals surface area contributed by atoms with Gasteiger partial charge in [-0.15, -0.1) is 0 Å². The lowest BCUT2D eigenvalue weighted by atomic mass is 9.92. The molecule has 1 heterocycles. The van der Waals surface area contributed by atoms with Gasteiger partial charge in [0.2, 0.25) is 0 Å².